The fourth-order valence-electron chi connectivity index (χ4n) is 7.45. The van der Waals surface area contributed by atoms with Crippen LogP contribution >= 0.6 is 22.6 Å². The van der Waals surface area contributed by atoms with Crippen LogP contribution in [0.25, 0.3) is 0 Å². The Morgan fingerprint density at radius 2 is 1.70 bits per heavy atom. The molecule has 1 aromatic carbocycles. The van der Waals surface area contributed by atoms with Crippen LogP contribution in [0.4, 0.5) is 4.79 Å². The number of benzene rings is 1. The quantitative estimate of drug-likeness (QED) is 0.101. The van der Waals surface area contributed by atoms with Crippen molar-refractivity contribution in [3.63, 3.8) is 0 Å². The van der Waals surface area contributed by atoms with Crippen LogP contribution in [0.3, 0.4) is 0 Å². The van der Waals surface area contributed by atoms with E-state index >= 15 is 0 Å². The first kappa shape index (κ1) is 33.9. The Hall–Kier alpha value is -3.43. The van der Waals surface area contributed by atoms with Crippen LogP contribution in [0.1, 0.15) is 19.4 Å². The highest BCUT2D eigenvalue weighted by Crippen LogP contribution is 2.48. The number of nitrogens with zero attached hydrogens (tertiary/aromatic N) is 3. The highest BCUT2D eigenvalue weighted by molar-refractivity contribution is 14.1. The minimum atomic E-state index is -0.885. The van der Waals surface area contributed by atoms with Crippen molar-refractivity contribution in [2.24, 2.45) is 17.6 Å². The third-order valence-corrected chi connectivity index (χ3v) is 11.2. The minimum Gasteiger partial charge on any atom is -0.488 e. The number of rotatable bonds is 14. The molecule has 2 amide bonds. The minimum absolute atomic E-state index is 0.00188. The van der Waals surface area contributed by atoms with Gasteiger partial charge >= 0.3 is 12.1 Å². The summed E-state index contributed by atoms with van der Waals surface area (Å²) in [6.07, 6.45) is 1.24. The van der Waals surface area contributed by atoms with Gasteiger partial charge in [0.25, 0.3) is 5.91 Å². The molecule has 2 N–H and O–H groups in total. The van der Waals surface area contributed by atoms with Gasteiger partial charge in [-0.3, -0.25) is 9.59 Å². The topological polar surface area (TPSA) is 134 Å². The number of primary amides is 1. The van der Waals surface area contributed by atoms with Crippen LogP contribution in [0.15, 0.2) is 54.8 Å². The molecule has 5 aliphatic rings. The van der Waals surface area contributed by atoms with E-state index in [1.165, 1.54) is 22.6 Å². The molecule has 248 valence electrons. The summed E-state index contributed by atoms with van der Waals surface area (Å²) in [7, 11) is 0. The molecule has 4 fully saturated rings. The molecule has 5 heterocycles. The maximum atomic E-state index is 13.4. The lowest BCUT2D eigenvalue weighted by molar-refractivity contribution is -1.08. The summed E-state index contributed by atoms with van der Waals surface area (Å²) in [6.45, 7) is 17.9. The smallest absolute Gasteiger partial charge is 0.488 e. The predicted octanol–water partition coefficient (Wildman–Crippen LogP) is 2.50. The number of ether oxygens (including phenoxy) is 4. The van der Waals surface area contributed by atoms with Crippen LogP contribution in [0, 0.1) is 15.4 Å². The molecule has 4 saturated heterocycles. The Kier molecular flexibility index (Phi) is 10.1. The number of hydrogen-bond donors (Lipinski definition) is 1. The van der Waals surface area contributed by atoms with Crippen LogP contribution in [-0.2, 0) is 35.1 Å². The molecule has 4 atom stereocenters. The van der Waals surface area contributed by atoms with Crippen LogP contribution in [-0.4, -0.2) is 116 Å². The molecule has 6 rings (SSSR count). The summed E-state index contributed by atoms with van der Waals surface area (Å²) in [5.41, 5.74) is 7.55. The van der Waals surface area contributed by atoms with Crippen LogP contribution in [0.5, 0.6) is 5.75 Å². The van der Waals surface area contributed by atoms with E-state index in [-0.39, 0.29) is 43.2 Å². The molecule has 0 radical (unpaired) electrons. The summed E-state index contributed by atoms with van der Waals surface area (Å²) in [6, 6.07) is 5.62. The summed E-state index contributed by atoms with van der Waals surface area (Å²) < 4.78 is 24.9. The SMILES string of the molecule is C=CCOC(=O)OC(C)[C@H]1C(=O)N2C(C(=O)OCC=C)=C(COc3cccc(C[N+]45CC[N+](CC(N)=O)(CC4)CC5)c3I)C(C)[C@H]12. The Balaban J connectivity index is 1.31. The molecular formula is C33H43IN4O8+2. The second-order valence-electron chi connectivity index (χ2n) is 12.8. The predicted molar refractivity (Wildman–Crippen MR) is 176 cm³/mol. The third kappa shape index (κ3) is 6.54. The molecule has 0 spiro atoms. The second-order valence-corrected chi connectivity index (χ2v) is 13.9. The van der Waals surface area contributed by atoms with E-state index in [0.717, 1.165) is 58.3 Å². The van der Waals surface area contributed by atoms with Crippen molar-refractivity contribution < 1.29 is 47.1 Å². The molecular weight excluding hydrogens is 707 g/mol. The molecule has 12 nitrogen and oxygen atoms in total. The van der Waals surface area contributed by atoms with Gasteiger partial charge in [0.1, 0.15) is 83.2 Å². The summed E-state index contributed by atoms with van der Waals surface area (Å²) in [4.78, 5) is 51.9. The van der Waals surface area contributed by atoms with Crippen molar-refractivity contribution in [2.45, 2.75) is 32.5 Å². The number of amides is 2. The zero-order chi connectivity index (χ0) is 33.2. The van der Waals surface area contributed by atoms with E-state index in [9.17, 15) is 19.2 Å². The Morgan fingerprint density at radius 1 is 1.07 bits per heavy atom. The van der Waals surface area contributed by atoms with Crippen molar-refractivity contribution in [3.8, 4) is 5.75 Å². The van der Waals surface area contributed by atoms with E-state index in [2.05, 4.69) is 41.8 Å². The highest BCUT2D eigenvalue weighted by Gasteiger charge is 2.61. The van der Waals surface area contributed by atoms with Crippen molar-refractivity contribution in [2.75, 3.05) is 65.6 Å². The molecule has 46 heavy (non-hydrogen) atoms. The van der Waals surface area contributed by atoms with Gasteiger partial charge in [0.2, 0.25) is 5.91 Å². The Bertz CT molecular complexity index is 1440. The highest BCUT2D eigenvalue weighted by atomic mass is 127. The number of quaternary nitrogens is 2. The number of carbonyl (C=O) groups excluding carboxylic acids is 4. The second kappa shape index (κ2) is 13.7. The molecule has 2 unspecified atom stereocenters. The van der Waals surface area contributed by atoms with Crippen molar-refractivity contribution in [1.82, 2.24) is 4.90 Å². The largest absolute Gasteiger partial charge is 0.508 e. The number of piperazine rings is 3. The van der Waals surface area contributed by atoms with E-state index in [1.54, 1.807) is 6.92 Å². The van der Waals surface area contributed by atoms with Gasteiger partial charge in [0, 0.05) is 17.1 Å². The first-order valence-corrected chi connectivity index (χ1v) is 16.7. The van der Waals surface area contributed by atoms with Crippen molar-refractivity contribution >= 4 is 46.5 Å². The average Bonchev–Trinajstić information content (AvgIpc) is 3.27. The van der Waals surface area contributed by atoms with Crippen LogP contribution < -0.4 is 10.5 Å². The number of hydrogen-bond acceptors (Lipinski definition) is 8. The number of esters is 1. The fourth-order valence-corrected chi connectivity index (χ4v) is 8.14. The molecule has 0 saturated carbocycles. The number of carbonyl (C=O) groups is 4. The first-order chi connectivity index (χ1) is 21.9. The molecule has 5 aliphatic heterocycles. The third-order valence-electron chi connectivity index (χ3n) is 10.00. The zero-order valence-corrected chi connectivity index (χ0v) is 28.6. The number of fused-ring (bicyclic) bond motifs is 4. The molecule has 1 aromatic rings. The van der Waals surface area contributed by atoms with Gasteiger partial charge in [-0.15, -0.1) is 0 Å². The van der Waals surface area contributed by atoms with Gasteiger partial charge in [0.15, 0.2) is 6.54 Å². The van der Waals surface area contributed by atoms with E-state index in [1.807, 2.05) is 19.1 Å². The first-order valence-electron chi connectivity index (χ1n) is 15.6. The maximum absolute atomic E-state index is 13.4. The fraction of sp³-hybridized carbons (Fsp3) is 0.515. The van der Waals surface area contributed by atoms with Crippen molar-refractivity contribution in [1.29, 1.82) is 0 Å². The molecule has 13 heteroatoms. The van der Waals surface area contributed by atoms with Crippen LogP contribution in [0.2, 0.25) is 0 Å². The summed E-state index contributed by atoms with van der Waals surface area (Å²) >= 11 is 2.33. The summed E-state index contributed by atoms with van der Waals surface area (Å²) in [5, 5.41) is 0. The zero-order valence-electron chi connectivity index (χ0n) is 26.5. The number of β-lactam (4-membered cyclic amide) rings is 1. The Morgan fingerprint density at radius 3 is 2.33 bits per heavy atom. The molecule has 0 aromatic heterocycles. The average molecular weight is 751 g/mol. The number of halogens is 1. The molecule has 2 bridgehead atoms. The standard InChI is InChI=1S/C33H42IN4O8/c1-5-16-43-32(41)30-24(21(3)29-27(31(40)36(29)30)22(4)46-33(42)44-17-6-2)20-45-25-9-7-8-23(28(25)34)18-37-10-13-38(14-11-37,15-12-37)19-26(35)39/h5-9,21-22,27,29H,1-2,10-20H2,3-4H3,(H-,35,39)/q+1/p+1/t21?,22?,27-,29-,37?,38?/m1/s1. The maximum Gasteiger partial charge on any atom is 0.508 e. The lowest BCUT2D eigenvalue weighted by Gasteiger charge is -2.55. The normalized spacial score (nSPS) is 28.5. The van der Waals surface area contributed by atoms with Gasteiger partial charge in [-0.05, 0) is 35.6 Å². The number of nitrogens with two attached hydrogens (primary N) is 1. The lowest BCUT2D eigenvalue weighted by atomic mass is 9.77. The van der Waals surface area contributed by atoms with E-state index in [0.29, 0.717) is 17.9 Å². The molecule has 0 aliphatic carbocycles. The van der Waals surface area contributed by atoms with Gasteiger partial charge in [-0.2, -0.15) is 0 Å². The van der Waals surface area contributed by atoms with E-state index < -0.39 is 30.2 Å². The van der Waals surface area contributed by atoms with Gasteiger partial charge in [-0.25, -0.2) is 9.59 Å². The summed E-state index contributed by atoms with van der Waals surface area (Å²) in [5.74, 6) is -1.41. The van der Waals surface area contributed by atoms with Gasteiger partial charge in [-0.1, -0.05) is 44.4 Å². The van der Waals surface area contributed by atoms with Crippen molar-refractivity contribution in [3.05, 3.63) is 63.9 Å². The Labute approximate surface area is 283 Å². The lowest BCUT2D eigenvalue weighted by Crippen LogP contribution is -2.75. The van der Waals surface area contributed by atoms with E-state index in [4.69, 9.17) is 24.7 Å². The van der Waals surface area contributed by atoms with Gasteiger partial charge < -0.3 is 38.5 Å². The van der Waals surface area contributed by atoms with Gasteiger partial charge in [0.05, 0.1) is 15.5 Å². The monoisotopic (exact) mass is 750 g/mol.